The average Bonchev–Trinajstić information content (AvgIpc) is 2.86. The van der Waals surface area contributed by atoms with E-state index in [9.17, 15) is 14.4 Å². The molecule has 0 N–H and O–H groups in total. The van der Waals surface area contributed by atoms with Crippen LogP contribution < -0.4 is 10.2 Å². The maximum absolute atomic E-state index is 12.9. The van der Waals surface area contributed by atoms with Crippen molar-refractivity contribution in [2.75, 3.05) is 21.3 Å². The summed E-state index contributed by atoms with van der Waals surface area (Å²) in [5, 5.41) is 0.406. The van der Waals surface area contributed by atoms with Crippen molar-refractivity contribution in [3.63, 3.8) is 0 Å². The smallest absolute Gasteiger partial charge is 0.339 e. The first kappa shape index (κ1) is 21.8. The molecule has 3 aromatic carbocycles. The lowest BCUT2D eigenvalue weighted by molar-refractivity contribution is 0.0556. The van der Waals surface area contributed by atoms with Gasteiger partial charge in [-0.3, -0.25) is 4.79 Å². The van der Waals surface area contributed by atoms with Crippen LogP contribution >= 0.6 is 0 Å². The molecule has 0 saturated carbocycles. The van der Waals surface area contributed by atoms with Gasteiger partial charge >= 0.3 is 11.9 Å². The Labute approximate surface area is 189 Å². The predicted molar refractivity (Wildman–Crippen MR) is 123 cm³/mol. The molecule has 0 fully saturated rings. The molecule has 0 aliphatic carbocycles. The Morgan fingerprint density at radius 2 is 1.36 bits per heavy atom. The Kier molecular flexibility index (Phi) is 5.95. The second-order valence-corrected chi connectivity index (χ2v) is 7.09. The van der Waals surface area contributed by atoms with Crippen LogP contribution in [0.3, 0.4) is 0 Å². The van der Waals surface area contributed by atoms with Crippen LogP contribution in [0.4, 0.5) is 0 Å². The van der Waals surface area contributed by atoms with E-state index in [2.05, 4.69) is 0 Å². The Morgan fingerprint density at radius 3 is 2.00 bits per heavy atom. The molecule has 1 heterocycles. The number of para-hydroxylation sites is 1. The molecule has 0 atom stereocenters. The van der Waals surface area contributed by atoms with Gasteiger partial charge < -0.3 is 18.6 Å². The number of esters is 2. The lowest BCUT2D eigenvalue weighted by atomic mass is 9.90. The summed E-state index contributed by atoms with van der Waals surface area (Å²) in [5.41, 5.74) is 1.38. The summed E-state index contributed by atoms with van der Waals surface area (Å²) >= 11 is 0. The summed E-state index contributed by atoms with van der Waals surface area (Å²) in [6.45, 7) is 0. The second kappa shape index (κ2) is 9.00. The van der Waals surface area contributed by atoms with E-state index in [-0.39, 0.29) is 27.9 Å². The van der Waals surface area contributed by atoms with Crippen LogP contribution in [0.2, 0.25) is 0 Å². The van der Waals surface area contributed by atoms with Crippen LogP contribution in [-0.2, 0) is 9.47 Å². The molecule has 7 heteroatoms. The van der Waals surface area contributed by atoms with Gasteiger partial charge in [-0.2, -0.15) is 0 Å². The van der Waals surface area contributed by atoms with Crippen molar-refractivity contribution in [3.8, 4) is 28.2 Å². The maximum atomic E-state index is 12.9. The van der Waals surface area contributed by atoms with Gasteiger partial charge in [0, 0.05) is 11.6 Å². The van der Waals surface area contributed by atoms with Crippen molar-refractivity contribution in [3.05, 3.63) is 88.1 Å². The Bertz CT molecular complexity index is 1420. The Morgan fingerprint density at radius 1 is 0.758 bits per heavy atom. The van der Waals surface area contributed by atoms with Crippen molar-refractivity contribution in [2.24, 2.45) is 0 Å². The van der Waals surface area contributed by atoms with Crippen molar-refractivity contribution in [1.29, 1.82) is 0 Å². The third-order valence-electron chi connectivity index (χ3n) is 5.29. The van der Waals surface area contributed by atoms with Crippen LogP contribution in [0.1, 0.15) is 20.7 Å². The normalized spacial score (nSPS) is 10.6. The van der Waals surface area contributed by atoms with Crippen LogP contribution in [0.15, 0.2) is 75.9 Å². The third kappa shape index (κ3) is 3.96. The van der Waals surface area contributed by atoms with Gasteiger partial charge in [0.25, 0.3) is 0 Å². The van der Waals surface area contributed by atoms with Crippen molar-refractivity contribution in [1.82, 2.24) is 0 Å². The monoisotopic (exact) mass is 444 g/mol. The van der Waals surface area contributed by atoms with Gasteiger partial charge in [0.1, 0.15) is 17.1 Å². The first-order chi connectivity index (χ1) is 16.0. The summed E-state index contributed by atoms with van der Waals surface area (Å²) in [6.07, 6.45) is 0. The Hall–Kier alpha value is -4.39. The zero-order chi connectivity index (χ0) is 23.5. The van der Waals surface area contributed by atoms with E-state index in [0.717, 1.165) is 0 Å². The van der Waals surface area contributed by atoms with Gasteiger partial charge in [0.2, 0.25) is 0 Å². The SMILES string of the molecule is COC(=O)c1c(-c2ccc(OC)cc2)ccc(-c2cc(=O)c3ccccc3o2)c1C(=O)OC. The van der Waals surface area contributed by atoms with Gasteiger partial charge in [0.05, 0.1) is 37.8 Å². The molecule has 0 aliphatic heterocycles. The highest BCUT2D eigenvalue weighted by molar-refractivity contribution is 6.11. The number of ether oxygens (including phenoxy) is 3. The number of hydrogen-bond acceptors (Lipinski definition) is 7. The minimum atomic E-state index is -0.767. The van der Waals surface area contributed by atoms with Crippen molar-refractivity contribution in [2.45, 2.75) is 0 Å². The van der Waals surface area contributed by atoms with E-state index >= 15 is 0 Å². The van der Waals surface area contributed by atoms with Gasteiger partial charge in [0.15, 0.2) is 5.43 Å². The molecule has 4 aromatic rings. The molecule has 166 valence electrons. The van der Waals surface area contributed by atoms with E-state index < -0.39 is 11.9 Å². The zero-order valence-corrected chi connectivity index (χ0v) is 18.2. The largest absolute Gasteiger partial charge is 0.497 e. The summed E-state index contributed by atoms with van der Waals surface area (Å²) in [4.78, 5) is 38.5. The van der Waals surface area contributed by atoms with E-state index in [1.54, 1.807) is 67.8 Å². The van der Waals surface area contributed by atoms with E-state index in [1.165, 1.54) is 20.3 Å². The molecular formula is C26H20O7. The highest BCUT2D eigenvalue weighted by atomic mass is 16.5. The lowest BCUT2D eigenvalue weighted by Crippen LogP contribution is -2.15. The first-order valence-corrected chi connectivity index (χ1v) is 9.99. The molecule has 7 nitrogen and oxygen atoms in total. The molecule has 0 amide bonds. The minimum Gasteiger partial charge on any atom is -0.497 e. The summed E-state index contributed by atoms with van der Waals surface area (Å²) in [6, 6.07) is 18.4. The number of hydrogen-bond donors (Lipinski definition) is 0. The molecular weight excluding hydrogens is 424 g/mol. The topological polar surface area (TPSA) is 92.0 Å². The van der Waals surface area contributed by atoms with Gasteiger partial charge in [-0.25, -0.2) is 9.59 Å². The second-order valence-electron chi connectivity index (χ2n) is 7.09. The van der Waals surface area contributed by atoms with E-state index in [0.29, 0.717) is 27.8 Å². The Balaban J connectivity index is 2.04. The van der Waals surface area contributed by atoms with Crippen LogP contribution in [0, 0.1) is 0 Å². The van der Waals surface area contributed by atoms with Crippen LogP contribution in [0.25, 0.3) is 33.4 Å². The number of carbonyl (C=O) groups excluding carboxylic acids is 2. The predicted octanol–water partition coefficient (Wildman–Crippen LogP) is 4.71. The molecule has 33 heavy (non-hydrogen) atoms. The number of fused-ring (bicyclic) bond motifs is 1. The number of carbonyl (C=O) groups is 2. The number of rotatable bonds is 5. The summed E-state index contributed by atoms with van der Waals surface area (Å²) in [7, 11) is 3.99. The van der Waals surface area contributed by atoms with E-state index in [1.807, 2.05) is 0 Å². The molecule has 0 radical (unpaired) electrons. The van der Waals surface area contributed by atoms with Gasteiger partial charge in [-0.05, 0) is 41.5 Å². The fourth-order valence-electron chi connectivity index (χ4n) is 3.68. The lowest BCUT2D eigenvalue weighted by Gasteiger charge is -2.16. The van der Waals surface area contributed by atoms with Crippen molar-refractivity contribution >= 4 is 22.9 Å². The molecule has 1 aromatic heterocycles. The van der Waals surface area contributed by atoms with Crippen LogP contribution in [-0.4, -0.2) is 33.3 Å². The number of methoxy groups -OCH3 is 3. The van der Waals surface area contributed by atoms with Crippen molar-refractivity contribution < 1.29 is 28.2 Å². The minimum absolute atomic E-state index is 0.00262. The molecule has 0 unspecified atom stereocenters. The molecule has 0 saturated heterocycles. The van der Waals surface area contributed by atoms with Gasteiger partial charge in [-0.1, -0.05) is 30.3 Å². The quantitative estimate of drug-likeness (QED) is 0.412. The maximum Gasteiger partial charge on any atom is 0.339 e. The standard InChI is InChI=1S/C26H20O7/c1-30-16-10-8-15(9-11-16)17-12-13-19(24(26(29)32-3)23(17)25(28)31-2)22-14-20(27)18-6-4-5-7-21(18)33-22/h4-14H,1-3H3. The molecule has 0 spiro atoms. The van der Waals surface area contributed by atoms with Gasteiger partial charge in [-0.15, -0.1) is 0 Å². The van der Waals surface area contributed by atoms with Crippen LogP contribution in [0.5, 0.6) is 5.75 Å². The fraction of sp³-hybridized carbons (Fsp3) is 0.115. The molecule has 0 bridgehead atoms. The summed E-state index contributed by atoms with van der Waals surface area (Å²) < 4.78 is 21.1. The molecule has 4 rings (SSSR count). The average molecular weight is 444 g/mol. The fourth-order valence-corrected chi connectivity index (χ4v) is 3.68. The summed E-state index contributed by atoms with van der Waals surface area (Å²) in [5.74, 6) is -0.727. The molecule has 0 aliphatic rings. The first-order valence-electron chi connectivity index (χ1n) is 9.99. The van der Waals surface area contributed by atoms with E-state index in [4.69, 9.17) is 18.6 Å². The highest BCUT2D eigenvalue weighted by Crippen LogP contribution is 2.35. The third-order valence-corrected chi connectivity index (χ3v) is 5.29. The highest BCUT2D eigenvalue weighted by Gasteiger charge is 2.28. The number of benzene rings is 3. The zero-order valence-electron chi connectivity index (χ0n) is 18.2.